The van der Waals surface area contributed by atoms with Gasteiger partial charge in [-0.2, -0.15) is 0 Å². The Morgan fingerprint density at radius 3 is 1.96 bits per heavy atom. The minimum Gasteiger partial charge on any atom is -1.00 e. The molecule has 2 saturated heterocycles. The number of fused-ring (bicyclic) bond motifs is 2. The van der Waals surface area contributed by atoms with E-state index in [-0.39, 0.29) is 17.0 Å². The van der Waals surface area contributed by atoms with E-state index in [0.29, 0.717) is 5.92 Å². The van der Waals surface area contributed by atoms with Crippen molar-refractivity contribution in [1.82, 2.24) is 0 Å². The van der Waals surface area contributed by atoms with Gasteiger partial charge < -0.3 is 26.6 Å². The summed E-state index contributed by atoms with van der Waals surface area (Å²) in [7, 11) is 4.81. The number of rotatable bonds is 4. The normalized spacial score (nSPS) is 28.5. The Balaban J connectivity index is 0.00000169. The molecule has 1 unspecified atom stereocenters. The van der Waals surface area contributed by atoms with E-state index in [1.54, 1.807) is 22.7 Å². The summed E-state index contributed by atoms with van der Waals surface area (Å²) in [5.41, 5.74) is -0.791. The van der Waals surface area contributed by atoms with E-state index >= 15 is 0 Å². The number of hydrogen-bond acceptors (Lipinski definition) is 3. The Bertz CT molecular complexity index is 603. The van der Waals surface area contributed by atoms with E-state index in [9.17, 15) is 5.11 Å². The number of aliphatic hydroxyl groups is 1. The van der Waals surface area contributed by atoms with Crippen LogP contribution in [-0.4, -0.2) is 35.8 Å². The molecular formula is C19H26BrNOS2. The average molecular weight is 428 g/mol. The van der Waals surface area contributed by atoms with Gasteiger partial charge in [0.15, 0.2) is 0 Å². The Labute approximate surface area is 163 Å². The summed E-state index contributed by atoms with van der Waals surface area (Å²) in [6.45, 7) is 0. The second-order valence-corrected chi connectivity index (χ2v) is 9.77. The molecule has 0 amide bonds. The van der Waals surface area contributed by atoms with Crippen molar-refractivity contribution in [2.45, 2.75) is 49.8 Å². The van der Waals surface area contributed by atoms with E-state index in [1.807, 2.05) is 0 Å². The molecule has 2 fully saturated rings. The highest BCUT2D eigenvalue weighted by atomic mass is 79.9. The average Bonchev–Trinajstić information content (AvgIpc) is 3.22. The van der Waals surface area contributed by atoms with Crippen LogP contribution in [0.15, 0.2) is 35.0 Å². The Morgan fingerprint density at radius 2 is 1.54 bits per heavy atom. The van der Waals surface area contributed by atoms with E-state index < -0.39 is 5.60 Å². The summed E-state index contributed by atoms with van der Waals surface area (Å²) in [6, 6.07) is 9.89. The van der Waals surface area contributed by atoms with Crippen molar-refractivity contribution in [3.63, 3.8) is 0 Å². The first-order chi connectivity index (χ1) is 11.0. The maximum absolute atomic E-state index is 11.6. The van der Waals surface area contributed by atoms with Crippen LogP contribution in [0.2, 0.25) is 0 Å². The summed E-state index contributed by atoms with van der Waals surface area (Å²) in [5.74, 6) is 0.632. The molecule has 2 bridgehead atoms. The fraction of sp³-hybridized carbons (Fsp3) is 0.579. The van der Waals surface area contributed by atoms with Gasteiger partial charge in [0.1, 0.15) is 5.60 Å². The lowest BCUT2D eigenvalue weighted by molar-refractivity contribution is -0.931. The molecule has 2 aromatic rings. The second-order valence-electron chi connectivity index (χ2n) is 7.87. The standard InChI is InChI=1S/C19H26NOS2.BrH/c1-20(2)15-7-8-16(20)12-14(11-15)13-19(21,17-5-3-9-22-17)18-6-4-10-23-18;/h3-6,9-10,14-16,21H,7-8,11-13H2,1-2H3;1H/q+1;/p-1/t14?,15-,16+;. The van der Waals surface area contributed by atoms with E-state index in [0.717, 1.165) is 28.3 Å². The smallest absolute Gasteiger partial charge is 0.133 e. The SMILES string of the molecule is C[N+]1(C)[C@@H]2CC[C@H]1CC(CC(O)(c1cccs1)c1cccs1)C2.[Br-]. The van der Waals surface area contributed by atoms with Crippen LogP contribution in [0.4, 0.5) is 0 Å². The third-order valence-corrected chi connectivity index (χ3v) is 8.41. The van der Waals surface area contributed by atoms with Gasteiger partial charge in [0.2, 0.25) is 0 Å². The van der Waals surface area contributed by atoms with Crippen LogP contribution in [0.1, 0.15) is 41.9 Å². The van der Waals surface area contributed by atoms with E-state index in [1.165, 1.54) is 30.2 Å². The van der Waals surface area contributed by atoms with Crippen molar-refractivity contribution in [1.29, 1.82) is 0 Å². The first kappa shape index (κ1) is 18.6. The van der Waals surface area contributed by atoms with Crippen molar-refractivity contribution in [2.75, 3.05) is 14.1 Å². The first-order valence-electron chi connectivity index (χ1n) is 8.64. The lowest BCUT2D eigenvalue weighted by Crippen LogP contribution is -3.00. The van der Waals surface area contributed by atoms with Crippen molar-refractivity contribution < 1.29 is 26.6 Å². The fourth-order valence-electron chi connectivity index (χ4n) is 4.93. The van der Waals surface area contributed by atoms with Crippen LogP contribution < -0.4 is 17.0 Å². The molecule has 0 spiro atoms. The minimum atomic E-state index is -0.791. The molecule has 0 aliphatic carbocycles. The highest BCUT2D eigenvalue weighted by molar-refractivity contribution is 7.11. The molecule has 2 aliphatic rings. The Kier molecular flexibility index (Phi) is 5.30. The number of thiophene rings is 2. The van der Waals surface area contributed by atoms with E-state index in [4.69, 9.17) is 0 Å². The molecule has 2 aromatic heterocycles. The summed E-state index contributed by atoms with van der Waals surface area (Å²) < 4.78 is 1.20. The molecule has 0 saturated carbocycles. The summed E-state index contributed by atoms with van der Waals surface area (Å²) >= 11 is 3.37. The quantitative estimate of drug-likeness (QED) is 0.732. The van der Waals surface area contributed by atoms with Crippen molar-refractivity contribution in [2.24, 2.45) is 5.92 Å². The summed E-state index contributed by atoms with van der Waals surface area (Å²) in [5, 5.41) is 15.8. The Morgan fingerprint density at radius 1 is 1.04 bits per heavy atom. The van der Waals surface area contributed by atoms with Crippen molar-refractivity contribution in [3.05, 3.63) is 44.8 Å². The predicted molar refractivity (Wildman–Crippen MR) is 97.9 cm³/mol. The molecule has 4 heterocycles. The van der Waals surface area contributed by atoms with Crippen LogP contribution >= 0.6 is 22.7 Å². The zero-order valence-electron chi connectivity index (χ0n) is 14.3. The number of piperidine rings is 1. The highest BCUT2D eigenvalue weighted by Gasteiger charge is 2.50. The van der Waals surface area contributed by atoms with Gasteiger partial charge in [-0.05, 0) is 35.2 Å². The maximum Gasteiger partial charge on any atom is 0.133 e. The Hall–Kier alpha value is -0.200. The number of halogens is 1. The van der Waals surface area contributed by atoms with Crippen LogP contribution in [0.3, 0.4) is 0 Å². The number of hydrogen-bond donors (Lipinski definition) is 1. The molecule has 2 aliphatic heterocycles. The van der Waals surface area contributed by atoms with Crippen LogP contribution in [0.25, 0.3) is 0 Å². The largest absolute Gasteiger partial charge is 1.00 e. The van der Waals surface area contributed by atoms with Gasteiger partial charge in [0.25, 0.3) is 0 Å². The molecule has 0 radical (unpaired) electrons. The number of quaternary nitrogens is 1. The molecule has 24 heavy (non-hydrogen) atoms. The van der Waals surface area contributed by atoms with Gasteiger partial charge in [-0.1, -0.05) is 12.1 Å². The second kappa shape index (κ2) is 6.84. The van der Waals surface area contributed by atoms with Crippen LogP contribution in [0.5, 0.6) is 0 Å². The minimum absolute atomic E-state index is 0. The summed E-state index contributed by atoms with van der Waals surface area (Å²) in [6.07, 6.45) is 6.14. The van der Waals surface area contributed by atoms with Crippen LogP contribution in [0, 0.1) is 5.92 Å². The first-order valence-corrected chi connectivity index (χ1v) is 10.4. The third kappa shape index (κ3) is 3.03. The molecule has 5 heteroatoms. The number of nitrogens with zero attached hydrogens (tertiary/aromatic N) is 1. The molecule has 3 atom stereocenters. The lowest BCUT2D eigenvalue weighted by atomic mass is 9.79. The van der Waals surface area contributed by atoms with Gasteiger partial charge in [0, 0.05) is 35.4 Å². The topological polar surface area (TPSA) is 20.2 Å². The predicted octanol–water partition coefficient (Wildman–Crippen LogP) is 1.46. The molecular weight excluding hydrogens is 402 g/mol. The van der Waals surface area contributed by atoms with Gasteiger partial charge in [-0.25, -0.2) is 0 Å². The lowest BCUT2D eigenvalue weighted by Gasteiger charge is -2.45. The van der Waals surface area contributed by atoms with E-state index in [2.05, 4.69) is 49.1 Å². The van der Waals surface area contributed by atoms with Crippen molar-refractivity contribution in [3.8, 4) is 0 Å². The monoisotopic (exact) mass is 427 g/mol. The maximum atomic E-state index is 11.6. The van der Waals surface area contributed by atoms with Gasteiger partial charge in [0.05, 0.1) is 26.2 Å². The summed E-state index contributed by atoms with van der Waals surface area (Å²) in [4.78, 5) is 2.21. The zero-order valence-corrected chi connectivity index (χ0v) is 17.5. The van der Waals surface area contributed by atoms with Crippen LogP contribution in [-0.2, 0) is 5.60 Å². The molecule has 0 aromatic carbocycles. The molecule has 1 N–H and O–H groups in total. The molecule has 4 rings (SSSR count). The zero-order chi connectivity index (χ0) is 16.1. The highest BCUT2D eigenvalue weighted by Crippen LogP contribution is 2.48. The third-order valence-electron chi connectivity index (χ3n) is 6.37. The molecule has 132 valence electrons. The van der Waals surface area contributed by atoms with Gasteiger partial charge >= 0.3 is 0 Å². The fourth-order valence-corrected chi connectivity index (χ4v) is 6.69. The van der Waals surface area contributed by atoms with Crippen molar-refractivity contribution >= 4 is 22.7 Å². The molecule has 2 nitrogen and oxygen atoms in total. The van der Waals surface area contributed by atoms with Gasteiger partial charge in [-0.15, -0.1) is 22.7 Å². The van der Waals surface area contributed by atoms with Gasteiger partial charge in [-0.3, -0.25) is 0 Å².